The van der Waals surface area contributed by atoms with Gasteiger partial charge in [0, 0.05) is 9.75 Å². The fourth-order valence-electron chi connectivity index (χ4n) is 5.06. The first-order valence-corrected chi connectivity index (χ1v) is 13.0. The third-order valence-corrected chi connectivity index (χ3v) is 7.77. The van der Waals surface area contributed by atoms with Crippen molar-refractivity contribution >= 4 is 22.9 Å². The molecule has 3 rings (SSSR count). The van der Waals surface area contributed by atoms with E-state index in [9.17, 15) is 9.90 Å². The van der Waals surface area contributed by atoms with Crippen LogP contribution >= 0.6 is 11.3 Å². The molecule has 1 aromatic heterocycles. The van der Waals surface area contributed by atoms with Gasteiger partial charge < -0.3 is 5.11 Å². The van der Waals surface area contributed by atoms with E-state index in [-0.39, 0.29) is 0 Å². The Kier molecular flexibility index (Phi) is 8.53. The van der Waals surface area contributed by atoms with Gasteiger partial charge in [-0.05, 0) is 87.1 Å². The second-order valence-corrected chi connectivity index (χ2v) is 10.5. The van der Waals surface area contributed by atoms with Crippen molar-refractivity contribution in [1.82, 2.24) is 0 Å². The molecule has 1 aliphatic rings. The van der Waals surface area contributed by atoms with Crippen molar-refractivity contribution in [2.24, 2.45) is 5.92 Å². The summed E-state index contributed by atoms with van der Waals surface area (Å²) in [5, 5.41) is 10.3. The Morgan fingerprint density at radius 1 is 1.16 bits per heavy atom. The van der Waals surface area contributed by atoms with Gasteiger partial charge in [-0.15, -0.1) is 11.3 Å². The lowest BCUT2D eigenvalue weighted by molar-refractivity contribution is -0.140. The van der Waals surface area contributed by atoms with Crippen LogP contribution in [0.4, 0.5) is 0 Å². The topological polar surface area (TPSA) is 37.3 Å². The summed E-state index contributed by atoms with van der Waals surface area (Å²) in [6, 6.07) is 8.64. The van der Waals surface area contributed by atoms with Crippen molar-refractivity contribution in [2.45, 2.75) is 86.0 Å². The summed E-state index contributed by atoms with van der Waals surface area (Å²) >= 11 is 1.92. The highest BCUT2D eigenvalue weighted by Gasteiger charge is 2.30. The molecule has 0 saturated carbocycles. The number of aliphatic carboxylic acids is 1. The minimum atomic E-state index is -0.710. The zero-order valence-electron chi connectivity index (χ0n) is 20.4. The van der Waals surface area contributed by atoms with E-state index in [1.807, 2.05) is 11.3 Å². The number of benzene rings is 1. The zero-order chi connectivity index (χ0) is 23.3. The van der Waals surface area contributed by atoms with Crippen molar-refractivity contribution in [3.63, 3.8) is 0 Å². The summed E-state index contributed by atoms with van der Waals surface area (Å²) in [5.41, 5.74) is 8.46. The number of fused-ring (bicyclic) bond motifs is 1. The fourth-order valence-corrected chi connectivity index (χ4v) is 6.33. The van der Waals surface area contributed by atoms with Crippen LogP contribution in [0.25, 0.3) is 5.57 Å². The van der Waals surface area contributed by atoms with Crippen LogP contribution in [-0.2, 0) is 17.6 Å². The first-order chi connectivity index (χ1) is 15.4. The molecule has 172 valence electrons. The number of thiophene rings is 1. The molecule has 0 saturated heterocycles. The molecule has 1 aromatic carbocycles. The summed E-state index contributed by atoms with van der Waals surface area (Å²) in [5.74, 6) is -1.21. The molecule has 0 radical (unpaired) electrons. The highest BCUT2D eigenvalue weighted by atomic mass is 32.1. The Bertz CT molecular complexity index is 1020. The van der Waals surface area contributed by atoms with Crippen LogP contribution in [0.1, 0.15) is 91.3 Å². The first-order valence-electron chi connectivity index (χ1n) is 12.2. The zero-order valence-corrected chi connectivity index (χ0v) is 21.2. The molecule has 1 aliphatic carbocycles. The number of carboxylic acid groups (broad SMARTS) is 1. The van der Waals surface area contributed by atoms with Crippen molar-refractivity contribution in [1.29, 1.82) is 0 Å². The van der Waals surface area contributed by atoms with Gasteiger partial charge in [0.25, 0.3) is 0 Å². The van der Waals surface area contributed by atoms with Crippen LogP contribution in [-0.4, -0.2) is 11.1 Å². The van der Waals surface area contributed by atoms with Crippen molar-refractivity contribution in [2.75, 3.05) is 0 Å². The molecule has 0 spiro atoms. The van der Waals surface area contributed by atoms with Crippen LogP contribution in [0.3, 0.4) is 0 Å². The van der Waals surface area contributed by atoms with Gasteiger partial charge in [0.1, 0.15) is 0 Å². The van der Waals surface area contributed by atoms with Gasteiger partial charge in [0.05, 0.1) is 5.92 Å². The Hall–Kier alpha value is -2.13. The van der Waals surface area contributed by atoms with Crippen LogP contribution < -0.4 is 0 Å². The normalized spacial score (nSPS) is 15.8. The number of unbranched alkanes of at least 4 members (excludes halogenated alkanes) is 1. The Morgan fingerprint density at radius 2 is 1.91 bits per heavy atom. The monoisotopic (exact) mass is 450 g/mol. The quantitative estimate of drug-likeness (QED) is 0.390. The summed E-state index contributed by atoms with van der Waals surface area (Å²) in [4.78, 5) is 15.4. The highest BCUT2D eigenvalue weighted by Crippen LogP contribution is 2.44. The average molecular weight is 451 g/mol. The van der Waals surface area contributed by atoms with Crippen molar-refractivity contribution in [3.8, 4) is 0 Å². The third kappa shape index (κ3) is 5.26. The molecule has 1 N–H and O–H groups in total. The second-order valence-electron chi connectivity index (χ2n) is 9.16. The lowest BCUT2D eigenvalue weighted by Gasteiger charge is -2.25. The van der Waals surface area contributed by atoms with E-state index in [0.29, 0.717) is 6.42 Å². The maximum atomic E-state index is 12.6. The largest absolute Gasteiger partial charge is 0.481 e. The predicted octanol–water partition coefficient (Wildman–Crippen LogP) is 8.29. The Morgan fingerprint density at radius 3 is 2.56 bits per heavy atom. The minimum absolute atomic E-state index is 0.498. The number of hydrogen-bond donors (Lipinski definition) is 1. The number of allylic oxidation sites excluding steroid dienone is 2. The summed E-state index contributed by atoms with van der Waals surface area (Å²) in [6.45, 7) is 10.7. The van der Waals surface area contributed by atoms with E-state index in [2.05, 4.69) is 65.0 Å². The average Bonchev–Trinajstić information content (AvgIpc) is 3.09. The SMILES string of the molecule is CCC/C=C(C)/C(=C(/c1cccc(C)c1)c1c(C)sc2c1CCCC2)C(CCC)C(=O)O. The maximum absolute atomic E-state index is 12.6. The van der Waals surface area contributed by atoms with E-state index in [1.54, 1.807) is 0 Å². The third-order valence-electron chi connectivity index (χ3n) is 6.56. The van der Waals surface area contributed by atoms with E-state index in [1.165, 1.54) is 39.3 Å². The first kappa shape index (κ1) is 24.5. The van der Waals surface area contributed by atoms with Crippen LogP contribution in [0, 0.1) is 19.8 Å². The molecule has 0 fully saturated rings. The fraction of sp³-hybridized carbons (Fsp3) is 0.483. The predicted molar refractivity (Wildman–Crippen MR) is 138 cm³/mol. The van der Waals surface area contributed by atoms with Gasteiger partial charge in [-0.2, -0.15) is 0 Å². The molecule has 0 aliphatic heterocycles. The molecule has 2 aromatic rings. The van der Waals surface area contributed by atoms with Crippen LogP contribution in [0.2, 0.25) is 0 Å². The second kappa shape index (κ2) is 11.1. The number of rotatable bonds is 9. The van der Waals surface area contributed by atoms with Gasteiger partial charge in [0.15, 0.2) is 0 Å². The molecule has 32 heavy (non-hydrogen) atoms. The highest BCUT2D eigenvalue weighted by molar-refractivity contribution is 7.12. The summed E-state index contributed by atoms with van der Waals surface area (Å²) in [6.07, 6.45) is 10.5. The number of carbonyl (C=O) groups is 1. The molecule has 3 heteroatoms. The van der Waals surface area contributed by atoms with Crippen LogP contribution in [0.15, 0.2) is 41.5 Å². The number of hydrogen-bond acceptors (Lipinski definition) is 2. The molecule has 1 heterocycles. The maximum Gasteiger partial charge on any atom is 0.311 e. The minimum Gasteiger partial charge on any atom is -0.481 e. The van der Waals surface area contributed by atoms with Crippen molar-refractivity contribution in [3.05, 3.63) is 73.5 Å². The number of aryl methyl sites for hydroxylation is 3. The lowest BCUT2D eigenvalue weighted by Crippen LogP contribution is -2.19. The summed E-state index contributed by atoms with van der Waals surface area (Å²) < 4.78 is 0. The van der Waals surface area contributed by atoms with Crippen LogP contribution in [0.5, 0.6) is 0 Å². The van der Waals surface area contributed by atoms with E-state index < -0.39 is 11.9 Å². The molecular formula is C29H38O2S. The number of carboxylic acids is 1. The van der Waals surface area contributed by atoms with E-state index in [4.69, 9.17) is 0 Å². The van der Waals surface area contributed by atoms with Gasteiger partial charge in [-0.25, -0.2) is 0 Å². The Labute approximate surface area is 198 Å². The van der Waals surface area contributed by atoms with Crippen molar-refractivity contribution < 1.29 is 9.90 Å². The molecule has 1 atom stereocenters. The van der Waals surface area contributed by atoms with Gasteiger partial charge in [-0.1, -0.05) is 68.2 Å². The summed E-state index contributed by atoms with van der Waals surface area (Å²) in [7, 11) is 0. The van der Waals surface area contributed by atoms with Gasteiger partial charge in [0.2, 0.25) is 0 Å². The molecular weight excluding hydrogens is 412 g/mol. The Balaban J connectivity index is 2.43. The molecule has 1 unspecified atom stereocenters. The molecule has 2 nitrogen and oxygen atoms in total. The standard InChI is InChI=1S/C29H38O2S/c1-6-8-14-20(4)26(24(12-7-2)29(30)31)28(22-15-11-13-19(3)18-22)27-21(5)32-25-17-10-9-16-23(25)27/h11,13-15,18,24H,6-10,12,16-17H2,1-5H3,(H,30,31)/b20-14+,28-26+. The smallest absolute Gasteiger partial charge is 0.311 e. The van der Waals surface area contributed by atoms with E-state index >= 15 is 0 Å². The molecule has 0 bridgehead atoms. The van der Waals surface area contributed by atoms with E-state index in [0.717, 1.165) is 54.4 Å². The molecule has 0 amide bonds. The lowest BCUT2D eigenvalue weighted by atomic mass is 9.78. The van der Waals surface area contributed by atoms with Gasteiger partial charge >= 0.3 is 5.97 Å². The van der Waals surface area contributed by atoms with Gasteiger partial charge in [-0.3, -0.25) is 4.79 Å².